The van der Waals surface area contributed by atoms with Crippen LogP contribution in [-0.4, -0.2) is 0 Å². The average molecular weight is 336 g/mol. The fourth-order valence-electron chi connectivity index (χ4n) is 2.18. The van der Waals surface area contributed by atoms with Crippen LogP contribution in [0.2, 0.25) is 0 Å². The molecule has 106 valence electrons. The number of benzene rings is 2. The first-order valence-corrected chi connectivity index (χ1v) is 7.70. The van der Waals surface area contributed by atoms with Gasteiger partial charge >= 0.3 is 0 Å². The van der Waals surface area contributed by atoms with Gasteiger partial charge in [0.25, 0.3) is 0 Å². The van der Waals surface area contributed by atoms with Crippen molar-refractivity contribution in [1.29, 1.82) is 0 Å². The lowest BCUT2D eigenvalue weighted by molar-refractivity contribution is 0.627. The summed E-state index contributed by atoms with van der Waals surface area (Å²) in [4.78, 5) is 0. The van der Waals surface area contributed by atoms with E-state index in [9.17, 15) is 4.39 Å². The van der Waals surface area contributed by atoms with Crippen molar-refractivity contribution in [2.75, 3.05) is 5.32 Å². The third-order valence-electron chi connectivity index (χ3n) is 3.32. The second-order valence-corrected chi connectivity index (χ2v) is 5.84. The second-order valence-electron chi connectivity index (χ2n) is 4.98. The van der Waals surface area contributed by atoms with E-state index in [1.165, 1.54) is 23.3 Å². The van der Waals surface area contributed by atoms with Crippen LogP contribution in [0.1, 0.15) is 37.4 Å². The van der Waals surface area contributed by atoms with Crippen LogP contribution >= 0.6 is 15.9 Å². The fourth-order valence-corrected chi connectivity index (χ4v) is 2.65. The normalized spacial score (nSPS) is 12.2. The minimum absolute atomic E-state index is 0.174. The predicted molar refractivity (Wildman–Crippen MR) is 86.6 cm³/mol. The summed E-state index contributed by atoms with van der Waals surface area (Å²) in [6.45, 7) is 4.29. The largest absolute Gasteiger partial charge is 0.378 e. The molecular formula is C17H19BrFN. The van der Waals surface area contributed by atoms with Gasteiger partial charge in [-0.2, -0.15) is 0 Å². The van der Waals surface area contributed by atoms with Gasteiger partial charge in [-0.25, -0.2) is 4.39 Å². The van der Waals surface area contributed by atoms with Crippen LogP contribution < -0.4 is 5.32 Å². The molecule has 0 fully saturated rings. The standard InChI is InChI=1S/C17H19BrFN/c1-3-4-13-5-7-14(8-6-13)12(2)20-17-10-9-15(19)11-16(17)18/h5-12,20H,3-4H2,1-2H3. The number of halogens is 2. The SMILES string of the molecule is CCCc1ccc(C(C)Nc2ccc(F)cc2Br)cc1. The summed E-state index contributed by atoms with van der Waals surface area (Å²) in [5, 5.41) is 3.39. The first-order valence-electron chi connectivity index (χ1n) is 6.90. The Kier molecular flexibility index (Phi) is 5.18. The van der Waals surface area contributed by atoms with E-state index < -0.39 is 0 Å². The molecule has 1 unspecified atom stereocenters. The van der Waals surface area contributed by atoms with E-state index in [0.717, 1.165) is 23.0 Å². The predicted octanol–water partition coefficient (Wildman–Crippen LogP) is 5.71. The fraction of sp³-hybridized carbons (Fsp3) is 0.294. The molecule has 1 nitrogen and oxygen atoms in total. The van der Waals surface area contributed by atoms with E-state index in [4.69, 9.17) is 0 Å². The Labute approximate surface area is 128 Å². The summed E-state index contributed by atoms with van der Waals surface area (Å²) < 4.78 is 13.8. The number of rotatable bonds is 5. The lowest BCUT2D eigenvalue weighted by Gasteiger charge is -2.17. The maximum Gasteiger partial charge on any atom is 0.124 e. The minimum atomic E-state index is -0.237. The van der Waals surface area contributed by atoms with Crippen LogP contribution in [0.5, 0.6) is 0 Å². The number of aryl methyl sites for hydroxylation is 1. The summed E-state index contributed by atoms with van der Waals surface area (Å²) in [5.74, 6) is -0.237. The Bertz CT molecular complexity index is 566. The lowest BCUT2D eigenvalue weighted by Crippen LogP contribution is -2.07. The maximum atomic E-state index is 13.1. The highest BCUT2D eigenvalue weighted by Gasteiger charge is 2.08. The van der Waals surface area contributed by atoms with Crippen molar-refractivity contribution in [3.63, 3.8) is 0 Å². The topological polar surface area (TPSA) is 12.0 Å². The van der Waals surface area contributed by atoms with Crippen molar-refractivity contribution >= 4 is 21.6 Å². The van der Waals surface area contributed by atoms with E-state index in [1.807, 2.05) is 0 Å². The second kappa shape index (κ2) is 6.89. The molecule has 0 spiro atoms. The first kappa shape index (κ1) is 15.0. The number of anilines is 1. The van der Waals surface area contributed by atoms with Gasteiger partial charge in [-0.3, -0.25) is 0 Å². The van der Waals surface area contributed by atoms with Gasteiger partial charge in [-0.05, 0) is 58.6 Å². The molecule has 20 heavy (non-hydrogen) atoms. The van der Waals surface area contributed by atoms with Gasteiger partial charge in [-0.1, -0.05) is 37.6 Å². The summed E-state index contributed by atoms with van der Waals surface area (Å²) >= 11 is 3.38. The van der Waals surface area contributed by atoms with Gasteiger partial charge in [0.05, 0.1) is 0 Å². The molecule has 0 aliphatic heterocycles. The van der Waals surface area contributed by atoms with Crippen LogP contribution in [0, 0.1) is 5.82 Å². The third-order valence-corrected chi connectivity index (χ3v) is 3.98. The molecule has 2 aromatic rings. The Balaban J connectivity index is 2.09. The number of nitrogens with one attached hydrogen (secondary N) is 1. The zero-order chi connectivity index (χ0) is 14.5. The summed E-state index contributed by atoms with van der Waals surface area (Å²) in [7, 11) is 0. The van der Waals surface area contributed by atoms with E-state index in [-0.39, 0.29) is 11.9 Å². The minimum Gasteiger partial charge on any atom is -0.378 e. The molecule has 0 aliphatic carbocycles. The maximum absolute atomic E-state index is 13.1. The first-order chi connectivity index (χ1) is 9.60. The van der Waals surface area contributed by atoms with Gasteiger partial charge in [-0.15, -0.1) is 0 Å². The third kappa shape index (κ3) is 3.83. The van der Waals surface area contributed by atoms with E-state index in [0.29, 0.717) is 0 Å². The van der Waals surface area contributed by atoms with Crippen molar-refractivity contribution in [2.45, 2.75) is 32.7 Å². The van der Waals surface area contributed by atoms with E-state index in [1.54, 1.807) is 6.07 Å². The molecule has 0 radical (unpaired) electrons. The highest BCUT2D eigenvalue weighted by Crippen LogP contribution is 2.27. The van der Waals surface area contributed by atoms with Crippen molar-refractivity contribution < 1.29 is 4.39 Å². The molecular weight excluding hydrogens is 317 g/mol. The Morgan fingerprint density at radius 2 is 1.85 bits per heavy atom. The zero-order valence-corrected chi connectivity index (χ0v) is 13.4. The molecule has 2 rings (SSSR count). The molecule has 0 aromatic heterocycles. The van der Waals surface area contributed by atoms with E-state index >= 15 is 0 Å². The Morgan fingerprint density at radius 1 is 1.15 bits per heavy atom. The van der Waals surface area contributed by atoms with Gasteiger partial charge in [0.2, 0.25) is 0 Å². The van der Waals surface area contributed by atoms with E-state index in [2.05, 4.69) is 59.4 Å². The lowest BCUT2D eigenvalue weighted by atomic mass is 10.0. The smallest absolute Gasteiger partial charge is 0.124 e. The van der Waals surface area contributed by atoms with Crippen LogP contribution in [0.25, 0.3) is 0 Å². The van der Waals surface area contributed by atoms with Crippen molar-refractivity contribution in [1.82, 2.24) is 0 Å². The Hall–Kier alpha value is -1.35. The molecule has 0 saturated heterocycles. The average Bonchev–Trinajstić information content (AvgIpc) is 2.43. The molecule has 0 heterocycles. The molecule has 0 amide bonds. The highest BCUT2D eigenvalue weighted by atomic mass is 79.9. The molecule has 2 aromatic carbocycles. The summed E-state index contributed by atoms with van der Waals surface area (Å²) in [5.41, 5.74) is 3.49. The Morgan fingerprint density at radius 3 is 2.45 bits per heavy atom. The van der Waals surface area contributed by atoms with Crippen molar-refractivity contribution in [3.8, 4) is 0 Å². The van der Waals surface area contributed by atoms with Gasteiger partial charge in [0, 0.05) is 16.2 Å². The number of hydrogen-bond acceptors (Lipinski definition) is 1. The van der Waals surface area contributed by atoms with Crippen molar-refractivity contribution in [2.24, 2.45) is 0 Å². The van der Waals surface area contributed by atoms with Gasteiger partial charge in [0.15, 0.2) is 0 Å². The summed E-state index contributed by atoms with van der Waals surface area (Å²) in [6.07, 6.45) is 2.28. The van der Waals surface area contributed by atoms with Crippen LogP contribution in [0.3, 0.4) is 0 Å². The molecule has 0 aliphatic rings. The number of hydrogen-bond donors (Lipinski definition) is 1. The highest BCUT2D eigenvalue weighted by molar-refractivity contribution is 9.10. The van der Waals surface area contributed by atoms with Crippen LogP contribution in [-0.2, 0) is 6.42 Å². The van der Waals surface area contributed by atoms with Gasteiger partial charge in [0.1, 0.15) is 5.82 Å². The zero-order valence-electron chi connectivity index (χ0n) is 11.8. The quantitative estimate of drug-likeness (QED) is 0.737. The molecule has 1 N–H and O–H groups in total. The van der Waals surface area contributed by atoms with Gasteiger partial charge < -0.3 is 5.32 Å². The molecule has 0 saturated carbocycles. The van der Waals surface area contributed by atoms with Crippen LogP contribution in [0.4, 0.5) is 10.1 Å². The van der Waals surface area contributed by atoms with Crippen molar-refractivity contribution in [3.05, 3.63) is 63.9 Å². The molecule has 1 atom stereocenters. The summed E-state index contributed by atoms with van der Waals surface area (Å²) in [6, 6.07) is 13.5. The monoisotopic (exact) mass is 335 g/mol. The van der Waals surface area contributed by atoms with Crippen LogP contribution in [0.15, 0.2) is 46.9 Å². The molecule has 3 heteroatoms. The molecule has 0 bridgehead atoms.